The van der Waals surface area contributed by atoms with Gasteiger partial charge in [-0.25, -0.2) is 4.79 Å². The van der Waals surface area contributed by atoms with Crippen molar-refractivity contribution in [3.63, 3.8) is 0 Å². The van der Waals surface area contributed by atoms with Crippen molar-refractivity contribution in [2.75, 3.05) is 7.11 Å². The Morgan fingerprint density at radius 1 is 1.21 bits per heavy atom. The number of methoxy groups -OCH3 is 1. The van der Waals surface area contributed by atoms with Crippen molar-refractivity contribution >= 4 is 5.97 Å². The highest BCUT2D eigenvalue weighted by molar-refractivity contribution is 5.87. The van der Waals surface area contributed by atoms with E-state index in [1.165, 1.54) is 24.8 Å². The summed E-state index contributed by atoms with van der Waals surface area (Å²) >= 11 is 0. The van der Waals surface area contributed by atoms with Gasteiger partial charge in [0.25, 0.3) is 0 Å². The number of carbonyl (C=O) groups is 1. The van der Waals surface area contributed by atoms with Crippen molar-refractivity contribution in [3.05, 3.63) is 59.7 Å². The molecule has 2 aromatic carbocycles. The number of carboxylic acids is 1. The van der Waals surface area contributed by atoms with Crippen LogP contribution >= 0.6 is 0 Å². The van der Waals surface area contributed by atoms with Gasteiger partial charge >= 0.3 is 5.97 Å². The maximum Gasteiger partial charge on any atom is 0.335 e. The predicted molar refractivity (Wildman–Crippen MR) is 70.7 cm³/mol. The summed E-state index contributed by atoms with van der Waals surface area (Å²) in [7, 11) is 1.50. The first-order valence-corrected chi connectivity index (χ1v) is 5.78. The zero-order chi connectivity index (χ0) is 13.7. The average Bonchev–Trinajstić information content (AvgIpc) is 2.50. The van der Waals surface area contributed by atoms with E-state index in [-0.39, 0.29) is 5.56 Å². The van der Waals surface area contributed by atoms with E-state index in [4.69, 9.17) is 14.6 Å². The highest BCUT2D eigenvalue weighted by Crippen LogP contribution is 2.19. The van der Waals surface area contributed by atoms with Crippen molar-refractivity contribution in [2.45, 2.75) is 6.61 Å². The van der Waals surface area contributed by atoms with Crippen molar-refractivity contribution in [1.29, 1.82) is 0 Å². The second-order valence-corrected chi connectivity index (χ2v) is 3.97. The van der Waals surface area contributed by atoms with Crippen LogP contribution in [0.4, 0.5) is 0 Å². The second kappa shape index (κ2) is 5.91. The van der Waals surface area contributed by atoms with Gasteiger partial charge in [-0.05, 0) is 35.9 Å². The number of rotatable bonds is 2. The lowest BCUT2D eigenvalue weighted by atomic mass is 10.2. The van der Waals surface area contributed by atoms with E-state index >= 15 is 0 Å². The van der Waals surface area contributed by atoms with Crippen LogP contribution in [-0.2, 0) is 6.61 Å². The van der Waals surface area contributed by atoms with E-state index < -0.39 is 5.97 Å². The van der Waals surface area contributed by atoms with Crippen LogP contribution in [0.2, 0.25) is 0 Å². The van der Waals surface area contributed by atoms with Gasteiger partial charge in [0.2, 0.25) is 0 Å². The summed E-state index contributed by atoms with van der Waals surface area (Å²) in [6.45, 7) is 0.766. The molecule has 0 atom stereocenters. The zero-order valence-corrected chi connectivity index (χ0v) is 10.5. The molecule has 4 rings (SSSR count). The third-order valence-corrected chi connectivity index (χ3v) is 2.65. The van der Waals surface area contributed by atoms with Gasteiger partial charge < -0.3 is 14.6 Å². The summed E-state index contributed by atoms with van der Waals surface area (Å²) in [5.74, 6) is 0.605. The first kappa shape index (κ1) is 13.0. The summed E-state index contributed by atoms with van der Waals surface area (Å²) in [6, 6.07) is 14.5. The maximum absolute atomic E-state index is 10.4. The summed E-state index contributed by atoms with van der Waals surface area (Å²) in [5.41, 5.74) is 1.50. The van der Waals surface area contributed by atoms with Gasteiger partial charge in [-0.3, -0.25) is 0 Å². The Bertz CT molecular complexity index is 538. The highest BCUT2D eigenvalue weighted by atomic mass is 16.5. The molecule has 2 bridgehead atoms. The van der Waals surface area contributed by atoms with Gasteiger partial charge in [-0.15, -0.1) is 0 Å². The standard InChI is InChI=1S/C8H8O3.C7H6O/c1-11-7-4-2-3-6(5-7)8(9)10;1-3-7-4-2-6(1)5-8-7/h2-5H,1H3,(H,9,10);1-4H,5H2. The minimum atomic E-state index is -0.941. The molecule has 0 unspecified atom stereocenters. The number of carboxylic acid groups (broad SMARTS) is 1. The molecule has 2 heterocycles. The normalized spacial score (nSPS) is 11.0. The minimum Gasteiger partial charge on any atom is -0.497 e. The molecule has 2 aliphatic heterocycles. The molecule has 0 aliphatic carbocycles. The fourth-order valence-electron chi connectivity index (χ4n) is 1.60. The van der Waals surface area contributed by atoms with Gasteiger partial charge in [-0.2, -0.15) is 0 Å². The Morgan fingerprint density at radius 2 is 1.95 bits per heavy atom. The van der Waals surface area contributed by atoms with Crippen LogP contribution < -0.4 is 9.47 Å². The number of ether oxygens (including phenoxy) is 2. The molecule has 0 saturated carbocycles. The van der Waals surface area contributed by atoms with Crippen LogP contribution in [0.5, 0.6) is 11.5 Å². The van der Waals surface area contributed by atoms with E-state index in [9.17, 15) is 4.79 Å². The zero-order valence-electron chi connectivity index (χ0n) is 10.5. The molecule has 1 N–H and O–H groups in total. The lowest BCUT2D eigenvalue weighted by Gasteiger charge is -2.11. The van der Waals surface area contributed by atoms with E-state index in [1.54, 1.807) is 12.1 Å². The van der Waals surface area contributed by atoms with Crippen LogP contribution in [0.3, 0.4) is 0 Å². The first-order valence-electron chi connectivity index (χ1n) is 5.78. The fraction of sp³-hybridized carbons (Fsp3) is 0.133. The molecule has 2 aliphatic rings. The van der Waals surface area contributed by atoms with Crippen LogP contribution in [0.1, 0.15) is 15.9 Å². The summed E-state index contributed by atoms with van der Waals surface area (Å²) in [5, 5.41) is 8.55. The first-order chi connectivity index (χ1) is 9.19. The summed E-state index contributed by atoms with van der Waals surface area (Å²) in [4.78, 5) is 10.4. The third-order valence-electron chi connectivity index (χ3n) is 2.65. The van der Waals surface area contributed by atoms with Crippen molar-refractivity contribution < 1.29 is 19.4 Å². The Hall–Kier alpha value is -2.49. The molecule has 0 fully saturated rings. The highest BCUT2D eigenvalue weighted by Gasteiger charge is 2.02. The summed E-state index contributed by atoms with van der Waals surface area (Å²) in [6.07, 6.45) is 0. The Labute approximate surface area is 111 Å². The van der Waals surface area contributed by atoms with Crippen LogP contribution in [0.25, 0.3) is 0 Å². The largest absolute Gasteiger partial charge is 0.497 e. The van der Waals surface area contributed by atoms with E-state index in [0.29, 0.717) is 5.75 Å². The summed E-state index contributed by atoms with van der Waals surface area (Å²) < 4.78 is 10.0. The van der Waals surface area contributed by atoms with E-state index in [0.717, 1.165) is 12.4 Å². The monoisotopic (exact) mass is 258 g/mol. The Balaban J connectivity index is 0.000000146. The third kappa shape index (κ3) is 3.48. The van der Waals surface area contributed by atoms with Gasteiger partial charge in [0.1, 0.15) is 18.1 Å². The van der Waals surface area contributed by atoms with Gasteiger partial charge in [0.15, 0.2) is 0 Å². The minimum absolute atomic E-state index is 0.240. The van der Waals surface area contributed by atoms with Crippen molar-refractivity contribution in [2.24, 2.45) is 0 Å². The molecule has 0 aromatic heterocycles. The molecular weight excluding hydrogens is 244 g/mol. The molecule has 4 heteroatoms. The molecular formula is C15H14O4. The predicted octanol–water partition coefficient (Wildman–Crippen LogP) is 2.97. The smallest absolute Gasteiger partial charge is 0.335 e. The van der Waals surface area contributed by atoms with Crippen LogP contribution in [-0.4, -0.2) is 18.2 Å². The Morgan fingerprint density at radius 3 is 2.32 bits per heavy atom. The molecule has 0 amide bonds. The van der Waals surface area contributed by atoms with Crippen LogP contribution in [0, 0.1) is 0 Å². The molecule has 0 spiro atoms. The lowest BCUT2D eigenvalue weighted by Crippen LogP contribution is -2.00. The van der Waals surface area contributed by atoms with Gasteiger partial charge in [0.05, 0.1) is 12.7 Å². The SMILES string of the molecule is COc1cccc(C(=O)O)c1.c1cc2ccc1CO2. The molecule has 19 heavy (non-hydrogen) atoms. The lowest BCUT2D eigenvalue weighted by molar-refractivity contribution is 0.0696. The Kier molecular flexibility index (Phi) is 4.03. The molecule has 4 nitrogen and oxygen atoms in total. The topological polar surface area (TPSA) is 55.8 Å². The molecule has 0 radical (unpaired) electrons. The number of aromatic carboxylic acids is 1. The van der Waals surface area contributed by atoms with Crippen LogP contribution in [0.15, 0.2) is 48.5 Å². The maximum atomic E-state index is 10.4. The number of benzene rings is 2. The fourth-order valence-corrected chi connectivity index (χ4v) is 1.60. The van der Waals surface area contributed by atoms with E-state index in [1.807, 2.05) is 12.1 Å². The molecule has 98 valence electrons. The van der Waals surface area contributed by atoms with Crippen molar-refractivity contribution in [3.8, 4) is 11.5 Å². The van der Waals surface area contributed by atoms with E-state index in [2.05, 4.69) is 12.1 Å². The molecule has 2 aromatic rings. The number of fused-ring (bicyclic) bond motifs is 3. The number of hydrogen-bond acceptors (Lipinski definition) is 3. The van der Waals surface area contributed by atoms with Gasteiger partial charge in [-0.1, -0.05) is 18.2 Å². The van der Waals surface area contributed by atoms with Gasteiger partial charge in [0, 0.05) is 0 Å². The quantitative estimate of drug-likeness (QED) is 0.899. The molecule has 0 saturated heterocycles. The number of hydrogen-bond donors (Lipinski definition) is 1. The van der Waals surface area contributed by atoms with Crippen molar-refractivity contribution in [1.82, 2.24) is 0 Å². The second-order valence-electron chi connectivity index (χ2n) is 3.97. The average molecular weight is 258 g/mol.